The van der Waals surface area contributed by atoms with Gasteiger partial charge >= 0.3 is 0 Å². The minimum atomic E-state index is 0.318. The van der Waals surface area contributed by atoms with E-state index in [2.05, 4.69) is 17.1 Å². The van der Waals surface area contributed by atoms with Crippen molar-refractivity contribution >= 4 is 0 Å². The lowest BCUT2D eigenvalue weighted by molar-refractivity contribution is 0.273. The molecule has 1 aliphatic rings. The van der Waals surface area contributed by atoms with Crippen molar-refractivity contribution in [2.75, 3.05) is 32.8 Å². The van der Waals surface area contributed by atoms with Crippen molar-refractivity contribution < 1.29 is 5.11 Å². The summed E-state index contributed by atoms with van der Waals surface area (Å²) >= 11 is 0. The Kier molecular flexibility index (Phi) is 6.15. The maximum atomic E-state index is 8.68. The fraction of sp³-hybridized carbons (Fsp3) is 1.00. The fourth-order valence-corrected chi connectivity index (χ4v) is 1.97. The minimum absolute atomic E-state index is 0.318. The molecule has 0 aromatic carbocycles. The first-order valence-electron chi connectivity index (χ1n) is 5.89. The van der Waals surface area contributed by atoms with Crippen LogP contribution in [0.1, 0.15) is 32.6 Å². The molecule has 0 saturated carbocycles. The van der Waals surface area contributed by atoms with Gasteiger partial charge in [-0.3, -0.25) is 0 Å². The molecule has 3 nitrogen and oxygen atoms in total. The van der Waals surface area contributed by atoms with Crippen molar-refractivity contribution in [3.05, 3.63) is 0 Å². The van der Waals surface area contributed by atoms with Gasteiger partial charge in [-0.2, -0.15) is 0 Å². The third kappa shape index (κ3) is 4.94. The predicted molar refractivity (Wildman–Crippen MR) is 59.5 cm³/mol. The van der Waals surface area contributed by atoms with Gasteiger partial charge in [-0.05, 0) is 45.7 Å². The first-order valence-corrected chi connectivity index (χ1v) is 5.89. The van der Waals surface area contributed by atoms with Gasteiger partial charge in [-0.25, -0.2) is 0 Å². The highest BCUT2D eigenvalue weighted by molar-refractivity contribution is 4.68. The van der Waals surface area contributed by atoms with E-state index < -0.39 is 0 Å². The molecule has 84 valence electrons. The standard InChI is InChI=1S/C11H24N2O/c1-11(5-4-10-14)12-6-9-13-7-2-3-8-13/h11-12,14H,2-10H2,1H3. The second-order valence-electron chi connectivity index (χ2n) is 4.27. The summed E-state index contributed by atoms with van der Waals surface area (Å²) in [7, 11) is 0. The molecule has 0 spiro atoms. The van der Waals surface area contributed by atoms with Crippen molar-refractivity contribution in [3.8, 4) is 0 Å². The van der Waals surface area contributed by atoms with E-state index in [0.717, 1.165) is 19.4 Å². The first kappa shape index (κ1) is 12.0. The van der Waals surface area contributed by atoms with Crippen LogP contribution in [0.3, 0.4) is 0 Å². The number of likely N-dealkylation sites (tertiary alicyclic amines) is 1. The maximum Gasteiger partial charge on any atom is 0.0431 e. The molecule has 1 fully saturated rings. The van der Waals surface area contributed by atoms with Crippen LogP contribution < -0.4 is 5.32 Å². The number of hydrogen-bond donors (Lipinski definition) is 2. The quantitative estimate of drug-likeness (QED) is 0.639. The summed E-state index contributed by atoms with van der Waals surface area (Å²) in [5.74, 6) is 0. The molecule has 14 heavy (non-hydrogen) atoms. The van der Waals surface area contributed by atoms with Crippen molar-refractivity contribution in [1.82, 2.24) is 10.2 Å². The largest absolute Gasteiger partial charge is 0.396 e. The van der Waals surface area contributed by atoms with Gasteiger partial charge in [0.25, 0.3) is 0 Å². The van der Waals surface area contributed by atoms with Crippen LogP contribution >= 0.6 is 0 Å². The summed E-state index contributed by atoms with van der Waals surface area (Å²) in [6.45, 7) is 7.35. The summed E-state index contributed by atoms with van der Waals surface area (Å²) in [5.41, 5.74) is 0. The average molecular weight is 200 g/mol. The van der Waals surface area contributed by atoms with Crippen LogP contribution in [0.25, 0.3) is 0 Å². The highest BCUT2D eigenvalue weighted by atomic mass is 16.2. The van der Waals surface area contributed by atoms with Crippen LogP contribution in [0, 0.1) is 0 Å². The van der Waals surface area contributed by atoms with Crippen molar-refractivity contribution in [2.24, 2.45) is 0 Å². The van der Waals surface area contributed by atoms with Crippen molar-refractivity contribution in [2.45, 2.75) is 38.6 Å². The number of nitrogens with zero attached hydrogens (tertiary/aromatic N) is 1. The van der Waals surface area contributed by atoms with E-state index in [1.54, 1.807) is 0 Å². The van der Waals surface area contributed by atoms with E-state index in [1.807, 2.05) is 0 Å². The zero-order chi connectivity index (χ0) is 10.2. The van der Waals surface area contributed by atoms with Gasteiger partial charge in [0.15, 0.2) is 0 Å². The summed E-state index contributed by atoms with van der Waals surface area (Å²) in [5, 5.41) is 12.2. The maximum absolute atomic E-state index is 8.68. The highest BCUT2D eigenvalue weighted by Crippen LogP contribution is 2.05. The van der Waals surface area contributed by atoms with Gasteiger partial charge in [0.1, 0.15) is 0 Å². The lowest BCUT2D eigenvalue weighted by Gasteiger charge is -2.17. The zero-order valence-corrected chi connectivity index (χ0v) is 9.34. The SMILES string of the molecule is CC(CCCO)NCCN1CCCC1. The molecule has 1 unspecified atom stereocenters. The fourth-order valence-electron chi connectivity index (χ4n) is 1.97. The lowest BCUT2D eigenvalue weighted by Crippen LogP contribution is -2.34. The molecule has 1 saturated heterocycles. The normalized spacial score (nSPS) is 20.1. The summed E-state index contributed by atoms with van der Waals surface area (Å²) in [4.78, 5) is 2.52. The van der Waals surface area contributed by atoms with E-state index in [4.69, 9.17) is 5.11 Å². The Morgan fingerprint density at radius 1 is 1.36 bits per heavy atom. The van der Waals surface area contributed by atoms with Crippen LogP contribution in [0.5, 0.6) is 0 Å². The number of aliphatic hydroxyl groups is 1. The Labute approximate surface area is 87.5 Å². The predicted octanol–water partition coefficient (Wildman–Crippen LogP) is 0.833. The summed E-state index contributed by atoms with van der Waals surface area (Å²) < 4.78 is 0. The molecule has 1 rings (SSSR count). The second-order valence-corrected chi connectivity index (χ2v) is 4.27. The molecule has 0 aliphatic carbocycles. The van der Waals surface area contributed by atoms with E-state index in [1.165, 1.54) is 32.5 Å². The van der Waals surface area contributed by atoms with Crippen LogP contribution in [-0.4, -0.2) is 48.8 Å². The van der Waals surface area contributed by atoms with Gasteiger partial charge in [0.2, 0.25) is 0 Å². The van der Waals surface area contributed by atoms with E-state index in [9.17, 15) is 0 Å². The number of rotatable bonds is 7. The Balaban J connectivity index is 1.91. The van der Waals surface area contributed by atoms with Crippen LogP contribution in [-0.2, 0) is 0 Å². The molecule has 0 radical (unpaired) electrons. The van der Waals surface area contributed by atoms with Gasteiger partial charge in [-0.1, -0.05) is 0 Å². The first-order chi connectivity index (χ1) is 6.83. The van der Waals surface area contributed by atoms with Gasteiger partial charge in [0, 0.05) is 25.7 Å². The van der Waals surface area contributed by atoms with Crippen LogP contribution in [0.4, 0.5) is 0 Å². The Bertz CT molecular complexity index is 135. The molecule has 1 heterocycles. The van der Waals surface area contributed by atoms with E-state index >= 15 is 0 Å². The number of aliphatic hydroxyl groups excluding tert-OH is 1. The third-order valence-electron chi connectivity index (χ3n) is 2.91. The Morgan fingerprint density at radius 3 is 2.71 bits per heavy atom. The third-order valence-corrected chi connectivity index (χ3v) is 2.91. The zero-order valence-electron chi connectivity index (χ0n) is 9.34. The summed E-state index contributed by atoms with van der Waals surface area (Å²) in [6.07, 6.45) is 4.74. The lowest BCUT2D eigenvalue weighted by atomic mass is 10.2. The topological polar surface area (TPSA) is 35.5 Å². The van der Waals surface area contributed by atoms with Crippen molar-refractivity contribution in [1.29, 1.82) is 0 Å². The highest BCUT2D eigenvalue weighted by Gasteiger charge is 2.10. The Morgan fingerprint density at radius 2 is 2.07 bits per heavy atom. The Hall–Kier alpha value is -0.120. The molecule has 1 atom stereocenters. The minimum Gasteiger partial charge on any atom is -0.396 e. The average Bonchev–Trinajstić information content (AvgIpc) is 2.67. The summed E-state index contributed by atoms with van der Waals surface area (Å²) in [6, 6.07) is 0.546. The second kappa shape index (κ2) is 7.21. The molecular formula is C11H24N2O. The van der Waals surface area contributed by atoms with Crippen LogP contribution in [0.15, 0.2) is 0 Å². The van der Waals surface area contributed by atoms with Crippen molar-refractivity contribution in [3.63, 3.8) is 0 Å². The number of nitrogens with one attached hydrogen (secondary N) is 1. The smallest absolute Gasteiger partial charge is 0.0431 e. The van der Waals surface area contributed by atoms with E-state index in [0.29, 0.717) is 12.6 Å². The van der Waals surface area contributed by atoms with Gasteiger partial charge in [-0.15, -0.1) is 0 Å². The molecule has 0 bridgehead atoms. The molecular weight excluding hydrogens is 176 g/mol. The van der Waals surface area contributed by atoms with Gasteiger partial charge in [0.05, 0.1) is 0 Å². The van der Waals surface area contributed by atoms with Gasteiger partial charge < -0.3 is 15.3 Å². The number of hydrogen-bond acceptors (Lipinski definition) is 3. The van der Waals surface area contributed by atoms with E-state index in [-0.39, 0.29) is 0 Å². The molecule has 0 amide bonds. The molecule has 0 aromatic heterocycles. The van der Waals surface area contributed by atoms with Crippen LogP contribution in [0.2, 0.25) is 0 Å². The monoisotopic (exact) mass is 200 g/mol. The molecule has 2 N–H and O–H groups in total. The molecule has 0 aromatic rings. The molecule has 3 heteroatoms. The molecule has 1 aliphatic heterocycles.